The topological polar surface area (TPSA) is 55.4 Å². The smallest absolute Gasteiger partial charge is 0.316 e. The van der Waals surface area contributed by atoms with Crippen LogP contribution in [0.1, 0.15) is 47.0 Å². The maximum absolute atomic E-state index is 12.3. The Bertz CT molecular complexity index is 585. The summed E-state index contributed by atoms with van der Waals surface area (Å²) in [6.45, 7) is 8.15. The molecule has 1 saturated carbocycles. The molecule has 0 saturated heterocycles. The standard InChI is InChI=1S/C20H29NO3S/c1-13(2)18-10-5-14(3)11-19(18)24-20(23)12-25-17-8-6-16(7-9-17)21-15(4)22/h6-9,13-14,18-19H,5,10-12H2,1-4H3,(H,21,22). The first-order valence-electron chi connectivity index (χ1n) is 9.05. The average Bonchev–Trinajstić information content (AvgIpc) is 2.53. The molecule has 138 valence electrons. The monoisotopic (exact) mass is 363 g/mol. The minimum Gasteiger partial charge on any atom is -0.461 e. The summed E-state index contributed by atoms with van der Waals surface area (Å²) in [5, 5.41) is 2.73. The second-order valence-corrected chi connectivity index (χ2v) is 8.40. The van der Waals surface area contributed by atoms with Crippen molar-refractivity contribution in [1.82, 2.24) is 0 Å². The van der Waals surface area contributed by atoms with E-state index in [9.17, 15) is 9.59 Å². The van der Waals surface area contributed by atoms with Crippen molar-refractivity contribution in [2.45, 2.75) is 58.0 Å². The molecule has 1 aromatic rings. The summed E-state index contributed by atoms with van der Waals surface area (Å²) >= 11 is 1.47. The van der Waals surface area contributed by atoms with Gasteiger partial charge in [0.25, 0.3) is 0 Å². The highest BCUT2D eigenvalue weighted by molar-refractivity contribution is 8.00. The van der Waals surface area contributed by atoms with Gasteiger partial charge >= 0.3 is 5.97 Å². The number of hydrogen-bond donors (Lipinski definition) is 1. The number of hydrogen-bond acceptors (Lipinski definition) is 4. The second kappa shape index (κ2) is 9.27. The van der Waals surface area contributed by atoms with E-state index in [0.717, 1.165) is 23.4 Å². The summed E-state index contributed by atoms with van der Waals surface area (Å²) in [6, 6.07) is 7.49. The molecule has 25 heavy (non-hydrogen) atoms. The van der Waals surface area contributed by atoms with E-state index in [0.29, 0.717) is 23.5 Å². The van der Waals surface area contributed by atoms with Crippen molar-refractivity contribution >= 4 is 29.3 Å². The Balaban J connectivity index is 1.84. The van der Waals surface area contributed by atoms with E-state index in [1.807, 2.05) is 24.3 Å². The first-order valence-corrected chi connectivity index (χ1v) is 10.0. The van der Waals surface area contributed by atoms with Gasteiger partial charge in [-0.15, -0.1) is 11.8 Å². The quantitative estimate of drug-likeness (QED) is 0.586. The number of rotatable bonds is 6. The van der Waals surface area contributed by atoms with E-state index in [1.54, 1.807) is 0 Å². The molecule has 0 radical (unpaired) electrons. The van der Waals surface area contributed by atoms with Gasteiger partial charge in [-0.3, -0.25) is 9.59 Å². The van der Waals surface area contributed by atoms with Crippen molar-refractivity contribution in [2.75, 3.05) is 11.1 Å². The third-order valence-corrected chi connectivity index (χ3v) is 5.76. The van der Waals surface area contributed by atoms with E-state index < -0.39 is 0 Å². The Kier molecular flexibility index (Phi) is 7.36. The van der Waals surface area contributed by atoms with Crippen molar-refractivity contribution in [3.63, 3.8) is 0 Å². The van der Waals surface area contributed by atoms with Gasteiger partial charge in [0.2, 0.25) is 5.91 Å². The zero-order valence-electron chi connectivity index (χ0n) is 15.6. The van der Waals surface area contributed by atoms with Crippen molar-refractivity contribution in [1.29, 1.82) is 0 Å². The number of esters is 1. The molecule has 0 spiro atoms. The van der Waals surface area contributed by atoms with Crippen LogP contribution in [0, 0.1) is 17.8 Å². The van der Waals surface area contributed by atoms with Crippen LogP contribution in [-0.4, -0.2) is 23.7 Å². The molecule has 3 atom stereocenters. The highest BCUT2D eigenvalue weighted by Crippen LogP contribution is 2.35. The lowest BCUT2D eigenvalue weighted by Gasteiger charge is -2.36. The van der Waals surface area contributed by atoms with Gasteiger partial charge < -0.3 is 10.1 Å². The number of benzene rings is 1. The van der Waals surface area contributed by atoms with Gasteiger partial charge in [-0.2, -0.15) is 0 Å². The van der Waals surface area contributed by atoms with Gasteiger partial charge in [0.1, 0.15) is 6.10 Å². The van der Waals surface area contributed by atoms with Gasteiger partial charge in [-0.1, -0.05) is 27.2 Å². The summed E-state index contributed by atoms with van der Waals surface area (Å²) in [7, 11) is 0. The lowest BCUT2D eigenvalue weighted by molar-refractivity contribution is -0.152. The molecular formula is C20H29NO3S. The normalized spacial score (nSPS) is 23.3. The molecule has 1 fully saturated rings. The molecule has 0 heterocycles. The van der Waals surface area contributed by atoms with E-state index in [4.69, 9.17) is 4.74 Å². The van der Waals surface area contributed by atoms with Gasteiger partial charge in [0.05, 0.1) is 5.75 Å². The molecular weight excluding hydrogens is 334 g/mol. The van der Waals surface area contributed by atoms with Crippen LogP contribution in [0.2, 0.25) is 0 Å². The molecule has 1 aliphatic rings. The van der Waals surface area contributed by atoms with E-state index in [1.165, 1.54) is 25.1 Å². The fourth-order valence-corrected chi connectivity index (χ4v) is 4.11. The Morgan fingerprint density at radius 2 is 1.92 bits per heavy atom. The molecule has 1 aliphatic carbocycles. The van der Waals surface area contributed by atoms with Crippen molar-refractivity contribution in [2.24, 2.45) is 17.8 Å². The van der Waals surface area contributed by atoms with Crippen LogP contribution in [0.4, 0.5) is 5.69 Å². The fourth-order valence-electron chi connectivity index (χ4n) is 3.43. The van der Waals surface area contributed by atoms with Gasteiger partial charge in [0, 0.05) is 17.5 Å². The zero-order valence-corrected chi connectivity index (χ0v) is 16.4. The van der Waals surface area contributed by atoms with Crippen LogP contribution >= 0.6 is 11.8 Å². The fraction of sp³-hybridized carbons (Fsp3) is 0.600. The largest absolute Gasteiger partial charge is 0.461 e. The minimum atomic E-state index is -0.138. The summed E-state index contributed by atoms with van der Waals surface area (Å²) < 4.78 is 5.82. The van der Waals surface area contributed by atoms with Crippen molar-refractivity contribution < 1.29 is 14.3 Å². The molecule has 0 bridgehead atoms. The minimum absolute atomic E-state index is 0.0546. The van der Waals surface area contributed by atoms with Crippen LogP contribution in [0.5, 0.6) is 0 Å². The van der Waals surface area contributed by atoms with Gasteiger partial charge in [0.15, 0.2) is 0 Å². The first-order chi connectivity index (χ1) is 11.8. The van der Waals surface area contributed by atoms with Gasteiger partial charge in [-0.05, 0) is 54.9 Å². The van der Waals surface area contributed by atoms with Crippen molar-refractivity contribution in [3.05, 3.63) is 24.3 Å². The lowest BCUT2D eigenvalue weighted by atomic mass is 9.75. The van der Waals surface area contributed by atoms with Crippen LogP contribution in [0.15, 0.2) is 29.2 Å². The van der Waals surface area contributed by atoms with Crippen LogP contribution in [-0.2, 0) is 14.3 Å². The SMILES string of the molecule is CC(=O)Nc1ccc(SCC(=O)OC2CC(C)CCC2C(C)C)cc1. The maximum Gasteiger partial charge on any atom is 0.316 e. The summed E-state index contributed by atoms with van der Waals surface area (Å²) in [5.41, 5.74) is 0.760. The molecule has 1 aromatic carbocycles. The molecule has 0 aromatic heterocycles. The van der Waals surface area contributed by atoms with E-state index >= 15 is 0 Å². The number of thioether (sulfide) groups is 1. The molecule has 2 rings (SSSR count). The lowest BCUT2D eigenvalue weighted by Crippen LogP contribution is -2.36. The van der Waals surface area contributed by atoms with Crippen LogP contribution in [0.3, 0.4) is 0 Å². The highest BCUT2D eigenvalue weighted by Gasteiger charge is 2.33. The Morgan fingerprint density at radius 1 is 1.24 bits per heavy atom. The molecule has 1 N–H and O–H groups in total. The maximum atomic E-state index is 12.3. The molecule has 4 nitrogen and oxygen atoms in total. The predicted octanol–water partition coefficient (Wildman–Crippen LogP) is 4.74. The number of carbonyl (C=O) groups excluding carboxylic acids is 2. The summed E-state index contributed by atoms with van der Waals surface area (Å²) in [6.07, 6.45) is 3.41. The van der Waals surface area contributed by atoms with E-state index in [-0.39, 0.29) is 18.0 Å². The number of nitrogens with one attached hydrogen (secondary N) is 1. The van der Waals surface area contributed by atoms with Crippen molar-refractivity contribution in [3.8, 4) is 0 Å². The average molecular weight is 364 g/mol. The second-order valence-electron chi connectivity index (χ2n) is 7.35. The van der Waals surface area contributed by atoms with Crippen LogP contribution in [0.25, 0.3) is 0 Å². The molecule has 1 amide bonds. The number of amides is 1. The predicted molar refractivity (Wildman–Crippen MR) is 103 cm³/mol. The Labute approximate surface area is 155 Å². The molecule has 3 unspecified atom stereocenters. The number of carbonyl (C=O) groups is 2. The molecule has 5 heteroatoms. The third-order valence-electron chi connectivity index (χ3n) is 4.78. The molecule has 0 aliphatic heterocycles. The summed E-state index contributed by atoms with van der Waals surface area (Å²) in [5.74, 6) is 1.73. The highest BCUT2D eigenvalue weighted by atomic mass is 32.2. The first kappa shape index (κ1) is 19.8. The van der Waals surface area contributed by atoms with Gasteiger partial charge in [-0.25, -0.2) is 0 Å². The zero-order chi connectivity index (χ0) is 18.4. The third kappa shape index (κ3) is 6.38. The van der Waals surface area contributed by atoms with Crippen LogP contribution < -0.4 is 5.32 Å². The number of ether oxygens (including phenoxy) is 1. The summed E-state index contributed by atoms with van der Waals surface area (Å²) in [4.78, 5) is 24.3. The number of anilines is 1. The van der Waals surface area contributed by atoms with E-state index in [2.05, 4.69) is 26.1 Å². The Hall–Kier alpha value is -1.49. The Morgan fingerprint density at radius 3 is 2.52 bits per heavy atom.